The van der Waals surface area contributed by atoms with Crippen LogP contribution in [0.25, 0.3) is 0 Å². The lowest BCUT2D eigenvalue weighted by Gasteiger charge is -2.19. The van der Waals surface area contributed by atoms with Gasteiger partial charge in [0.05, 0.1) is 10.5 Å². The summed E-state index contributed by atoms with van der Waals surface area (Å²) in [6, 6.07) is 12.3. The second-order valence-electron chi connectivity index (χ2n) is 7.04. The Kier molecular flexibility index (Phi) is 5.55. The lowest BCUT2D eigenvalue weighted by Crippen LogP contribution is -2.24. The molecular weight excluding hydrogens is 334 g/mol. The number of non-ortho nitro benzene ring substituents is 1. The predicted molar refractivity (Wildman–Crippen MR) is 97.4 cm³/mol. The van der Waals surface area contributed by atoms with Gasteiger partial charge in [-0.1, -0.05) is 45.0 Å². The Morgan fingerprint density at radius 2 is 1.46 bits per heavy atom. The van der Waals surface area contributed by atoms with Gasteiger partial charge >= 0.3 is 5.97 Å². The average molecular weight is 355 g/mol. The minimum absolute atomic E-state index is 0.0183. The second-order valence-corrected chi connectivity index (χ2v) is 7.04. The molecule has 0 bridgehead atoms. The minimum atomic E-state index is -0.960. The number of carbonyl (C=O) groups is 2. The molecule has 0 unspecified atom stereocenters. The van der Waals surface area contributed by atoms with E-state index >= 15 is 0 Å². The van der Waals surface area contributed by atoms with Crippen molar-refractivity contribution in [3.63, 3.8) is 0 Å². The molecular formula is C20H21NO5. The van der Waals surface area contributed by atoms with Crippen LogP contribution in [-0.4, -0.2) is 22.8 Å². The van der Waals surface area contributed by atoms with Gasteiger partial charge in [-0.05, 0) is 30.0 Å². The Morgan fingerprint density at radius 1 is 0.962 bits per heavy atom. The third kappa shape index (κ3) is 4.53. The van der Waals surface area contributed by atoms with E-state index in [1.165, 1.54) is 31.2 Å². The molecule has 0 heterocycles. The van der Waals surface area contributed by atoms with E-state index in [2.05, 4.69) is 20.8 Å². The van der Waals surface area contributed by atoms with Crippen LogP contribution in [0.2, 0.25) is 0 Å². The topological polar surface area (TPSA) is 86.5 Å². The zero-order valence-corrected chi connectivity index (χ0v) is 15.2. The van der Waals surface area contributed by atoms with E-state index in [0.717, 1.165) is 5.56 Å². The molecule has 0 fully saturated rings. The molecule has 0 radical (unpaired) electrons. The van der Waals surface area contributed by atoms with E-state index in [9.17, 15) is 19.7 Å². The molecule has 0 amide bonds. The van der Waals surface area contributed by atoms with E-state index in [0.29, 0.717) is 5.56 Å². The standard InChI is InChI=1S/C20H21NO5/c1-13(18(22)14-5-9-16(10-6-14)20(2,3)4)26-19(23)15-7-11-17(12-8-15)21(24)25/h5-13H,1-4H3/t13-/m0/s1. The summed E-state index contributed by atoms with van der Waals surface area (Å²) < 4.78 is 5.19. The van der Waals surface area contributed by atoms with Crippen LogP contribution in [0.3, 0.4) is 0 Å². The summed E-state index contributed by atoms with van der Waals surface area (Å²) in [4.78, 5) is 34.6. The van der Waals surface area contributed by atoms with Crippen LogP contribution in [0.15, 0.2) is 48.5 Å². The monoisotopic (exact) mass is 355 g/mol. The van der Waals surface area contributed by atoms with Crippen molar-refractivity contribution in [1.82, 2.24) is 0 Å². The summed E-state index contributed by atoms with van der Waals surface area (Å²) >= 11 is 0. The Morgan fingerprint density at radius 3 is 1.92 bits per heavy atom. The molecule has 0 saturated carbocycles. The number of nitro groups is 1. The van der Waals surface area contributed by atoms with E-state index in [1.54, 1.807) is 12.1 Å². The molecule has 0 N–H and O–H groups in total. The number of hydrogen-bond donors (Lipinski definition) is 0. The molecule has 0 saturated heterocycles. The number of hydrogen-bond acceptors (Lipinski definition) is 5. The first kappa shape index (κ1) is 19.3. The quantitative estimate of drug-likeness (QED) is 0.345. The van der Waals surface area contributed by atoms with Gasteiger partial charge < -0.3 is 4.74 Å². The molecule has 0 aliphatic rings. The van der Waals surface area contributed by atoms with Crippen molar-refractivity contribution in [3.8, 4) is 0 Å². The summed E-state index contributed by atoms with van der Waals surface area (Å²) in [5.74, 6) is -1.01. The highest BCUT2D eigenvalue weighted by Crippen LogP contribution is 2.23. The predicted octanol–water partition coefficient (Wildman–Crippen LogP) is 4.32. The molecule has 6 heteroatoms. The van der Waals surface area contributed by atoms with Gasteiger partial charge in [-0.25, -0.2) is 4.79 Å². The average Bonchev–Trinajstić information content (AvgIpc) is 2.60. The van der Waals surface area contributed by atoms with E-state index in [4.69, 9.17) is 4.74 Å². The lowest BCUT2D eigenvalue weighted by atomic mass is 9.86. The Labute approximate surface area is 151 Å². The highest BCUT2D eigenvalue weighted by molar-refractivity contribution is 6.01. The van der Waals surface area contributed by atoms with Gasteiger partial charge in [-0.2, -0.15) is 0 Å². The number of esters is 1. The van der Waals surface area contributed by atoms with Crippen LogP contribution >= 0.6 is 0 Å². The SMILES string of the molecule is C[C@H](OC(=O)c1ccc([N+](=O)[O-])cc1)C(=O)c1ccc(C(C)(C)C)cc1. The summed E-state index contributed by atoms with van der Waals surface area (Å²) in [5, 5.41) is 10.6. The molecule has 0 aliphatic carbocycles. The maximum atomic E-state index is 12.4. The highest BCUT2D eigenvalue weighted by atomic mass is 16.6. The minimum Gasteiger partial charge on any atom is -0.451 e. The third-order valence-corrected chi connectivity index (χ3v) is 4.00. The zero-order chi connectivity index (χ0) is 19.5. The maximum Gasteiger partial charge on any atom is 0.338 e. The van der Waals surface area contributed by atoms with Crippen molar-refractivity contribution >= 4 is 17.4 Å². The number of ketones is 1. The van der Waals surface area contributed by atoms with Crippen molar-refractivity contribution in [1.29, 1.82) is 0 Å². The Bertz CT molecular complexity index is 817. The Hall–Kier alpha value is -3.02. The van der Waals surface area contributed by atoms with Gasteiger partial charge in [0, 0.05) is 17.7 Å². The normalized spacial score (nSPS) is 12.3. The van der Waals surface area contributed by atoms with Crippen molar-refractivity contribution < 1.29 is 19.2 Å². The van der Waals surface area contributed by atoms with Crippen LogP contribution < -0.4 is 0 Å². The summed E-state index contributed by atoms with van der Waals surface area (Å²) in [6.07, 6.45) is -0.960. The molecule has 2 rings (SSSR count). The molecule has 0 spiro atoms. The first-order chi connectivity index (χ1) is 12.1. The van der Waals surface area contributed by atoms with Crippen LogP contribution in [0.5, 0.6) is 0 Å². The van der Waals surface area contributed by atoms with Gasteiger partial charge in [-0.15, -0.1) is 0 Å². The smallest absolute Gasteiger partial charge is 0.338 e. The summed E-state index contributed by atoms with van der Waals surface area (Å²) in [6.45, 7) is 7.75. The van der Waals surface area contributed by atoms with Gasteiger partial charge in [0.1, 0.15) is 0 Å². The van der Waals surface area contributed by atoms with E-state index in [-0.39, 0.29) is 22.4 Å². The van der Waals surface area contributed by atoms with Crippen molar-refractivity contribution in [2.75, 3.05) is 0 Å². The first-order valence-corrected chi connectivity index (χ1v) is 8.20. The first-order valence-electron chi connectivity index (χ1n) is 8.20. The van der Waals surface area contributed by atoms with Crippen LogP contribution in [0.4, 0.5) is 5.69 Å². The van der Waals surface area contributed by atoms with E-state index in [1.807, 2.05) is 12.1 Å². The fourth-order valence-electron chi connectivity index (χ4n) is 2.37. The molecule has 2 aromatic rings. The number of Topliss-reactive ketones (excluding diaryl/α,β-unsaturated/α-hetero) is 1. The van der Waals surface area contributed by atoms with Gasteiger partial charge in [0.2, 0.25) is 5.78 Å². The molecule has 0 aromatic heterocycles. The zero-order valence-electron chi connectivity index (χ0n) is 15.2. The number of carbonyl (C=O) groups excluding carboxylic acids is 2. The van der Waals surface area contributed by atoms with Gasteiger partial charge in [0.25, 0.3) is 5.69 Å². The molecule has 2 aromatic carbocycles. The number of benzene rings is 2. The number of nitro benzene ring substituents is 1. The van der Waals surface area contributed by atoms with E-state index < -0.39 is 17.0 Å². The summed E-state index contributed by atoms with van der Waals surface area (Å²) in [7, 11) is 0. The van der Waals surface area contributed by atoms with Crippen LogP contribution in [0, 0.1) is 10.1 Å². The largest absolute Gasteiger partial charge is 0.451 e. The number of rotatable bonds is 5. The third-order valence-electron chi connectivity index (χ3n) is 4.00. The molecule has 1 atom stereocenters. The van der Waals surface area contributed by atoms with Crippen LogP contribution in [0.1, 0.15) is 54.0 Å². The van der Waals surface area contributed by atoms with Gasteiger partial charge in [0.15, 0.2) is 6.10 Å². The lowest BCUT2D eigenvalue weighted by molar-refractivity contribution is -0.384. The highest BCUT2D eigenvalue weighted by Gasteiger charge is 2.22. The maximum absolute atomic E-state index is 12.4. The molecule has 26 heavy (non-hydrogen) atoms. The summed E-state index contributed by atoms with van der Waals surface area (Å²) in [5.41, 5.74) is 1.57. The fraction of sp³-hybridized carbons (Fsp3) is 0.300. The molecule has 0 aliphatic heterocycles. The Balaban J connectivity index is 2.06. The van der Waals surface area contributed by atoms with Crippen molar-refractivity contribution in [2.45, 2.75) is 39.2 Å². The second kappa shape index (κ2) is 7.47. The van der Waals surface area contributed by atoms with Gasteiger partial charge in [-0.3, -0.25) is 14.9 Å². The van der Waals surface area contributed by atoms with Crippen LogP contribution in [-0.2, 0) is 10.2 Å². The number of nitrogens with zero attached hydrogens (tertiary/aromatic N) is 1. The number of ether oxygens (including phenoxy) is 1. The molecule has 6 nitrogen and oxygen atoms in total. The fourth-order valence-corrected chi connectivity index (χ4v) is 2.37. The molecule has 136 valence electrons. The van der Waals surface area contributed by atoms with Crippen molar-refractivity contribution in [2.24, 2.45) is 0 Å². The van der Waals surface area contributed by atoms with Crippen molar-refractivity contribution in [3.05, 3.63) is 75.3 Å².